The van der Waals surface area contributed by atoms with E-state index in [1.165, 1.54) is 30.3 Å². The number of hydrogen-bond acceptors (Lipinski definition) is 5. The third-order valence-electron chi connectivity index (χ3n) is 4.98. The van der Waals surface area contributed by atoms with Gasteiger partial charge in [-0.2, -0.15) is 0 Å². The van der Waals surface area contributed by atoms with E-state index in [0.717, 1.165) is 0 Å². The van der Waals surface area contributed by atoms with Crippen LogP contribution >= 0.6 is 0 Å². The average Bonchev–Trinajstić information content (AvgIpc) is 2.76. The van der Waals surface area contributed by atoms with E-state index in [4.69, 9.17) is 10.8 Å². The zero-order valence-corrected chi connectivity index (χ0v) is 16.7. The molecule has 0 saturated carbocycles. The Bertz CT molecular complexity index is 1440. The maximum atomic E-state index is 12.1. The summed E-state index contributed by atoms with van der Waals surface area (Å²) in [6, 6.07) is 13.3. The molecule has 0 spiro atoms. The topological polar surface area (TPSA) is 117 Å². The van der Waals surface area contributed by atoms with E-state index in [1.54, 1.807) is 24.3 Å². The molecule has 7 heteroatoms. The van der Waals surface area contributed by atoms with Gasteiger partial charge in [0.15, 0.2) is 5.43 Å². The molecule has 2 aromatic carbocycles. The van der Waals surface area contributed by atoms with Crippen LogP contribution in [0.2, 0.25) is 0 Å². The molecule has 1 aliphatic heterocycles. The van der Waals surface area contributed by atoms with Crippen LogP contribution in [0.1, 0.15) is 23.2 Å². The van der Waals surface area contributed by atoms with Crippen molar-refractivity contribution in [3.63, 3.8) is 0 Å². The smallest absolute Gasteiger partial charge is 0.336 e. The number of carbonyl (C=O) groups is 2. The predicted octanol–water partition coefficient (Wildman–Crippen LogP) is 4.32. The van der Waals surface area contributed by atoms with Crippen LogP contribution in [0.3, 0.4) is 0 Å². The third-order valence-corrected chi connectivity index (χ3v) is 4.98. The summed E-state index contributed by atoms with van der Waals surface area (Å²) in [5, 5.41) is 23.0. The highest BCUT2D eigenvalue weighted by Crippen LogP contribution is 2.42. The van der Waals surface area contributed by atoms with Gasteiger partial charge in [-0.15, -0.1) is 12.3 Å². The molecule has 0 fully saturated rings. The number of aromatic hydroxyl groups is 1. The van der Waals surface area contributed by atoms with E-state index < -0.39 is 5.97 Å². The number of amides is 1. The van der Waals surface area contributed by atoms with E-state index in [9.17, 15) is 24.6 Å². The van der Waals surface area contributed by atoms with E-state index in [-0.39, 0.29) is 41.3 Å². The van der Waals surface area contributed by atoms with Crippen LogP contribution in [0.15, 0.2) is 63.8 Å². The van der Waals surface area contributed by atoms with Crippen molar-refractivity contribution in [3.05, 3.63) is 70.4 Å². The van der Waals surface area contributed by atoms with Crippen molar-refractivity contribution >= 4 is 28.5 Å². The lowest BCUT2D eigenvalue weighted by Crippen LogP contribution is -2.12. The molecule has 32 heavy (non-hydrogen) atoms. The van der Waals surface area contributed by atoms with Crippen LogP contribution < -0.4 is 10.7 Å². The number of anilines is 1. The Kier molecular flexibility index (Phi) is 5.36. The number of phenols is 1. The molecule has 0 bridgehead atoms. The standard InChI is InChI=1S/C25H17NO6/c1-2-3-4-23(29)26-14-5-8-17(20(11-14)25(30)31)24-18-9-6-15(27)12-21(18)32-22-13-16(28)7-10-19(22)24/h1,5-13,27H,3-4H2,(H,26,29)(H,30,31). The van der Waals surface area contributed by atoms with Gasteiger partial charge in [-0.25, -0.2) is 4.79 Å². The average molecular weight is 427 g/mol. The first kappa shape index (κ1) is 20.7. The Hall–Kier alpha value is -4.57. The van der Waals surface area contributed by atoms with Crippen LogP contribution in [-0.2, 0) is 4.79 Å². The summed E-state index contributed by atoms with van der Waals surface area (Å²) in [5.41, 5.74) is 1.74. The van der Waals surface area contributed by atoms with Gasteiger partial charge in [-0.05, 0) is 42.0 Å². The van der Waals surface area contributed by atoms with Crippen LogP contribution in [0.4, 0.5) is 5.69 Å². The second-order valence-electron chi connectivity index (χ2n) is 7.13. The van der Waals surface area contributed by atoms with Gasteiger partial charge in [0.1, 0.15) is 17.1 Å². The first-order valence-electron chi connectivity index (χ1n) is 9.68. The third kappa shape index (κ3) is 3.89. The van der Waals surface area contributed by atoms with Gasteiger partial charge in [0, 0.05) is 47.2 Å². The van der Waals surface area contributed by atoms with E-state index in [2.05, 4.69) is 11.2 Å². The van der Waals surface area contributed by atoms with Crippen LogP contribution in [0.25, 0.3) is 33.4 Å². The first-order valence-corrected chi connectivity index (χ1v) is 9.68. The zero-order chi connectivity index (χ0) is 22.8. The minimum absolute atomic E-state index is 0.0340. The number of hydrogen-bond donors (Lipinski definition) is 3. The number of phenolic OH excluding ortho intramolecular Hbond substituents is 1. The maximum absolute atomic E-state index is 12.1. The van der Waals surface area contributed by atoms with Crippen molar-refractivity contribution in [3.8, 4) is 40.5 Å². The van der Waals surface area contributed by atoms with Gasteiger partial charge >= 0.3 is 5.97 Å². The van der Waals surface area contributed by atoms with Crippen molar-refractivity contribution in [2.75, 3.05) is 5.32 Å². The lowest BCUT2D eigenvalue weighted by Gasteiger charge is -2.17. The van der Waals surface area contributed by atoms with Gasteiger partial charge in [0.05, 0.1) is 5.56 Å². The van der Waals surface area contributed by atoms with Crippen molar-refractivity contribution in [2.45, 2.75) is 12.8 Å². The number of benzene rings is 3. The molecule has 0 saturated heterocycles. The number of carboxylic acid groups (broad SMARTS) is 1. The lowest BCUT2D eigenvalue weighted by atomic mass is 9.90. The highest BCUT2D eigenvalue weighted by Gasteiger charge is 2.22. The normalized spacial score (nSPS) is 10.7. The predicted molar refractivity (Wildman–Crippen MR) is 120 cm³/mol. The molecule has 0 atom stereocenters. The molecule has 3 N–H and O–H groups in total. The maximum Gasteiger partial charge on any atom is 0.336 e. The fourth-order valence-electron chi connectivity index (χ4n) is 3.58. The molecule has 1 aliphatic carbocycles. The number of rotatable bonds is 5. The second-order valence-corrected chi connectivity index (χ2v) is 7.13. The molecule has 7 nitrogen and oxygen atoms in total. The Labute approximate surface area is 182 Å². The summed E-state index contributed by atoms with van der Waals surface area (Å²) in [6.07, 6.45) is 5.57. The Morgan fingerprint density at radius 3 is 2.56 bits per heavy atom. The number of nitrogens with one attached hydrogen (secondary N) is 1. The summed E-state index contributed by atoms with van der Waals surface area (Å²) in [4.78, 5) is 36.0. The van der Waals surface area contributed by atoms with Gasteiger partial charge in [0.25, 0.3) is 0 Å². The van der Waals surface area contributed by atoms with Gasteiger partial charge < -0.3 is 19.9 Å². The summed E-state index contributed by atoms with van der Waals surface area (Å²) in [6.45, 7) is 0. The van der Waals surface area contributed by atoms with Gasteiger partial charge in [-0.1, -0.05) is 6.07 Å². The van der Waals surface area contributed by atoms with E-state index >= 15 is 0 Å². The summed E-state index contributed by atoms with van der Waals surface area (Å²) in [5.74, 6) is 1.09. The molecule has 1 heterocycles. The summed E-state index contributed by atoms with van der Waals surface area (Å²) >= 11 is 0. The highest BCUT2D eigenvalue weighted by atomic mass is 16.4. The molecule has 2 aromatic rings. The molecular formula is C25H17NO6. The Balaban J connectivity index is 1.95. The number of fused-ring (bicyclic) bond motifs is 2. The molecule has 1 amide bonds. The first-order chi connectivity index (χ1) is 15.4. The monoisotopic (exact) mass is 427 g/mol. The summed E-state index contributed by atoms with van der Waals surface area (Å²) < 4.78 is 5.80. The van der Waals surface area contributed by atoms with Crippen LogP contribution in [0, 0.1) is 12.3 Å². The van der Waals surface area contributed by atoms with Crippen LogP contribution in [0.5, 0.6) is 5.75 Å². The molecule has 0 radical (unpaired) electrons. The number of terminal acetylenes is 1. The fraction of sp³-hybridized carbons (Fsp3) is 0.0800. The number of carboxylic acids is 1. The van der Waals surface area contributed by atoms with Crippen molar-refractivity contribution in [1.82, 2.24) is 0 Å². The fourth-order valence-corrected chi connectivity index (χ4v) is 3.58. The molecule has 0 aromatic heterocycles. The molecule has 4 rings (SSSR count). The molecule has 158 valence electrons. The minimum atomic E-state index is -1.19. The van der Waals surface area contributed by atoms with Crippen molar-refractivity contribution in [2.24, 2.45) is 0 Å². The van der Waals surface area contributed by atoms with E-state index in [0.29, 0.717) is 33.3 Å². The van der Waals surface area contributed by atoms with Gasteiger partial charge in [0.2, 0.25) is 5.91 Å². The van der Waals surface area contributed by atoms with Gasteiger partial charge in [-0.3, -0.25) is 9.59 Å². The molecular weight excluding hydrogens is 410 g/mol. The SMILES string of the molecule is C#CCCC(=O)Nc1ccc(-c2c3ccc(=O)cc-3oc3cc(O)ccc23)c(C(=O)O)c1. The zero-order valence-electron chi connectivity index (χ0n) is 16.7. The Morgan fingerprint density at radius 2 is 1.81 bits per heavy atom. The minimum Gasteiger partial charge on any atom is -0.508 e. The highest BCUT2D eigenvalue weighted by molar-refractivity contribution is 6.08. The van der Waals surface area contributed by atoms with Crippen molar-refractivity contribution in [1.29, 1.82) is 0 Å². The summed E-state index contributed by atoms with van der Waals surface area (Å²) in [7, 11) is 0. The largest absolute Gasteiger partial charge is 0.508 e. The number of aromatic carboxylic acids is 1. The van der Waals surface area contributed by atoms with Crippen LogP contribution in [-0.4, -0.2) is 22.1 Å². The quantitative estimate of drug-likeness (QED) is 0.323. The molecule has 2 aliphatic rings. The van der Waals surface area contributed by atoms with E-state index in [1.807, 2.05) is 0 Å². The number of carbonyl (C=O) groups excluding carboxylic acids is 1. The molecule has 0 unspecified atom stereocenters. The second kappa shape index (κ2) is 8.28. The van der Waals surface area contributed by atoms with Crippen molar-refractivity contribution < 1.29 is 24.2 Å². The Morgan fingerprint density at radius 1 is 1.03 bits per heavy atom. The lowest BCUT2D eigenvalue weighted by molar-refractivity contribution is -0.116.